The third-order valence-corrected chi connectivity index (χ3v) is 5.43. The molecule has 0 aliphatic carbocycles. The van der Waals surface area contributed by atoms with Gasteiger partial charge in [0, 0.05) is 51.6 Å². The molecule has 0 radical (unpaired) electrons. The molecule has 0 atom stereocenters. The molecule has 31 heavy (non-hydrogen) atoms. The number of morpholine rings is 1. The lowest BCUT2D eigenvalue weighted by Crippen LogP contribution is -2.38. The molecular weight excluding hydrogens is 503 g/mol. The summed E-state index contributed by atoms with van der Waals surface area (Å²) in [4.78, 5) is 6.81. The van der Waals surface area contributed by atoms with E-state index in [2.05, 4.69) is 56.9 Å². The van der Waals surface area contributed by atoms with Crippen LogP contribution in [0.25, 0.3) is 11.0 Å². The molecule has 4 rings (SSSR count). The topological polar surface area (TPSA) is 62.0 Å². The standard InChI is InChI=1S/C24H30N4O2.HI/c1-25-24(26-11-10-22-16-19-6-4-5-9-23(19)30-22)27-17-20-7-2-3-8-21(20)18-28-12-14-29-15-13-28;/h2-9,16H,10-15,17-18H2,1H3,(H2,25,26,27);1H. The van der Waals surface area contributed by atoms with E-state index in [1.807, 2.05) is 18.2 Å². The van der Waals surface area contributed by atoms with E-state index >= 15 is 0 Å². The van der Waals surface area contributed by atoms with Crippen LogP contribution in [0.4, 0.5) is 0 Å². The number of guanidine groups is 1. The lowest BCUT2D eigenvalue weighted by atomic mass is 10.1. The molecular formula is C24H31IN4O2. The maximum absolute atomic E-state index is 5.89. The molecule has 0 spiro atoms. The Morgan fingerprint density at radius 3 is 2.52 bits per heavy atom. The van der Waals surface area contributed by atoms with Gasteiger partial charge < -0.3 is 19.8 Å². The van der Waals surface area contributed by atoms with E-state index < -0.39 is 0 Å². The minimum Gasteiger partial charge on any atom is -0.461 e. The van der Waals surface area contributed by atoms with Crippen LogP contribution in [0.3, 0.4) is 0 Å². The van der Waals surface area contributed by atoms with Gasteiger partial charge in [0.15, 0.2) is 5.96 Å². The number of ether oxygens (including phenoxy) is 1. The van der Waals surface area contributed by atoms with Crippen LogP contribution in [0, 0.1) is 0 Å². The number of para-hydroxylation sites is 1. The SMILES string of the molecule is CN=C(NCCc1cc2ccccc2o1)NCc1ccccc1CN1CCOCC1.I. The highest BCUT2D eigenvalue weighted by Gasteiger charge is 2.13. The van der Waals surface area contributed by atoms with Crippen molar-refractivity contribution in [3.05, 3.63) is 71.5 Å². The second-order valence-electron chi connectivity index (χ2n) is 7.51. The number of benzene rings is 2. The van der Waals surface area contributed by atoms with Gasteiger partial charge in [-0.2, -0.15) is 0 Å². The van der Waals surface area contributed by atoms with Crippen LogP contribution in [-0.4, -0.2) is 50.8 Å². The van der Waals surface area contributed by atoms with E-state index in [1.165, 1.54) is 11.1 Å². The maximum Gasteiger partial charge on any atom is 0.191 e. The van der Waals surface area contributed by atoms with Crippen LogP contribution in [0.1, 0.15) is 16.9 Å². The number of hydrogen-bond donors (Lipinski definition) is 2. The van der Waals surface area contributed by atoms with E-state index in [4.69, 9.17) is 9.15 Å². The zero-order chi connectivity index (χ0) is 20.6. The van der Waals surface area contributed by atoms with Crippen molar-refractivity contribution in [1.29, 1.82) is 0 Å². The smallest absolute Gasteiger partial charge is 0.191 e. The highest BCUT2D eigenvalue weighted by atomic mass is 127. The van der Waals surface area contributed by atoms with Crippen molar-refractivity contribution >= 4 is 40.9 Å². The molecule has 1 aromatic heterocycles. The lowest BCUT2D eigenvalue weighted by Gasteiger charge is -2.27. The Morgan fingerprint density at radius 1 is 1.00 bits per heavy atom. The molecule has 2 heterocycles. The van der Waals surface area contributed by atoms with Gasteiger partial charge in [-0.15, -0.1) is 24.0 Å². The number of nitrogens with zero attached hydrogens (tertiary/aromatic N) is 2. The average molecular weight is 534 g/mol. The summed E-state index contributed by atoms with van der Waals surface area (Å²) in [5.41, 5.74) is 3.58. The Morgan fingerprint density at radius 2 is 1.74 bits per heavy atom. The maximum atomic E-state index is 5.89. The second kappa shape index (κ2) is 12.1. The van der Waals surface area contributed by atoms with Crippen LogP contribution in [-0.2, 0) is 24.2 Å². The Bertz CT molecular complexity index is 949. The number of rotatable bonds is 7. The van der Waals surface area contributed by atoms with Crippen molar-refractivity contribution in [3.8, 4) is 0 Å². The third kappa shape index (κ3) is 6.69. The summed E-state index contributed by atoms with van der Waals surface area (Å²) >= 11 is 0. The zero-order valence-corrected chi connectivity index (χ0v) is 20.3. The summed E-state index contributed by atoms with van der Waals surface area (Å²) < 4.78 is 11.3. The third-order valence-electron chi connectivity index (χ3n) is 5.43. The van der Waals surface area contributed by atoms with Gasteiger partial charge in [0.1, 0.15) is 11.3 Å². The molecule has 6 nitrogen and oxygen atoms in total. The first-order chi connectivity index (χ1) is 14.8. The van der Waals surface area contributed by atoms with Gasteiger partial charge in [-0.25, -0.2) is 0 Å². The minimum atomic E-state index is 0. The first-order valence-corrected chi connectivity index (χ1v) is 10.6. The Labute approximate surface area is 201 Å². The van der Waals surface area contributed by atoms with Crippen molar-refractivity contribution in [2.45, 2.75) is 19.5 Å². The molecule has 1 saturated heterocycles. The number of nitrogens with one attached hydrogen (secondary N) is 2. The summed E-state index contributed by atoms with van der Waals surface area (Å²) in [5.74, 6) is 1.78. The molecule has 1 aliphatic heterocycles. The highest BCUT2D eigenvalue weighted by Crippen LogP contribution is 2.18. The van der Waals surface area contributed by atoms with Crippen LogP contribution in [0.15, 0.2) is 64.0 Å². The summed E-state index contributed by atoms with van der Waals surface area (Å²) in [7, 11) is 1.80. The average Bonchev–Trinajstić information content (AvgIpc) is 3.20. The van der Waals surface area contributed by atoms with Gasteiger partial charge in [0.2, 0.25) is 0 Å². The van der Waals surface area contributed by atoms with Crippen molar-refractivity contribution in [1.82, 2.24) is 15.5 Å². The number of hydrogen-bond acceptors (Lipinski definition) is 4. The summed E-state index contributed by atoms with van der Waals surface area (Å²) in [6.45, 7) is 6.09. The van der Waals surface area contributed by atoms with E-state index in [9.17, 15) is 0 Å². The lowest BCUT2D eigenvalue weighted by molar-refractivity contribution is 0.0341. The van der Waals surface area contributed by atoms with Gasteiger partial charge >= 0.3 is 0 Å². The van der Waals surface area contributed by atoms with E-state index in [1.54, 1.807) is 7.05 Å². The molecule has 7 heteroatoms. The quantitative estimate of drug-likeness (QED) is 0.275. The monoisotopic (exact) mass is 534 g/mol. The van der Waals surface area contributed by atoms with Crippen LogP contribution >= 0.6 is 24.0 Å². The van der Waals surface area contributed by atoms with Crippen molar-refractivity contribution < 1.29 is 9.15 Å². The van der Waals surface area contributed by atoms with E-state index in [0.29, 0.717) is 0 Å². The Balaban J connectivity index is 0.00000272. The van der Waals surface area contributed by atoms with Crippen molar-refractivity contribution in [3.63, 3.8) is 0 Å². The molecule has 3 aromatic rings. The van der Waals surface area contributed by atoms with E-state index in [0.717, 1.165) is 75.0 Å². The molecule has 0 bridgehead atoms. The number of furan rings is 1. The fourth-order valence-corrected chi connectivity index (χ4v) is 3.75. The van der Waals surface area contributed by atoms with Gasteiger partial charge in [-0.05, 0) is 23.3 Å². The first-order valence-electron chi connectivity index (χ1n) is 10.6. The van der Waals surface area contributed by atoms with Gasteiger partial charge in [-0.1, -0.05) is 42.5 Å². The number of halogens is 1. The zero-order valence-electron chi connectivity index (χ0n) is 18.0. The normalized spacial score (nSPS) is 14.9. The largest absolute Gasteiger partial charge is 0.461 e. The molecule has 1 aliphatic rings. The molecule has 0 unspecified atom stereocenters. The molecule has 166 valence electrons. The Hall–Kier alpha value is -2.10. The Kier molecular flexibility index (Phi) is 9.17. The van der Waals surface area contributed by atoms with Gasteiger partial charge in [0.25, 0.3) is 0 Å². The summed E-state index contributed by atoms with van der Waals surface area (Å²) in [5, 5.41) is 7.97. The molecule has 1 fully saturated rings. The molecule has 2 aromatic carbocycles. The summed E-state index contributed by atoms with van der Waals surface area (Å²) in [6.07, 6.45) is 0.809. The first kappa shape index (κ1) is 23.6. The fourth-order valence-electron chi connectivity index (χ4n) is 3.75. The number of fused-ring (bicyclic) bond motifs is 1. The summed E-state index contributed by atoms with van der Waals surface area (Å²) in [6, 6.07) is 18.8. The second-order valence-corrected chi connectivity index (χ2v) is 7.51. The molecule has 2 N–H and O–H groups in total. The molecule has 0 saturated carbocycles. The van der Waals surface area contributed by atoms with Crippen LogP contribution in [0.5, 0.6) is 0 Å². The number of aliphatic imine (C=N–C) groups is 1. The predicted octanol–water partition coefficient (Wildman–Crippen LogP) is 3.79. The van der Waals surface area contributed by atoms with Crippen molar-refractivity contribution in [2.24, 2.45) is 4.99 Å². The molecule has 0 amide bonds. The minimum absolute atomic E-state index is 0. The predicted molar refractivity (Wildman–Crippen MR) is 136 cm³/mol. The fraction of sp³-hybridized carbons (Fsp3) is 0.375. The van der Waals surface area contributed by atoms with Gasteiger partial charge in [-0.3, -0.25) is 9.89 Å². The van der Waals surface area contributed by atoms with Crippen molar-refractivity contribution in [2.75, 3.05) is 39.9 Å². The van der Waals surface area contributed by atoms with E-state index in [-0.39, 0.29) is 24.0 Å². The van der Waals surface area contributed by atoms with Crippen LogP contribution in [0.2, 0.25) is 0 Å². The van der Waals surface area contributed by atoms with Gasteiger partial charge in [0.05, 0.1) is 13.2 Å². The highest BCUT2D eigenvalue weighted by molar-refractivity contribution is 14.0. The van der Waals surface area contributed by atoms with Crippen LogP contribution < -0.4 is 10.6 Å².